The van der Waals surface area contributed by atoms with Gasteiger partial charge >= 0.3 is 0 Å². The van der Waals surface area contributed by atoms with Gasteiger partial charge in [-0.3, -0.25) is 10.1 Å². The fraction of sp³-hybridized carbons (Fsp3) is 0.714. The molecule has 3 nitrogen and oxygen atoms in total. The van der Waals surface area contributed by atoms with E-state index in [-0.39, 0.29) is 4.92 Å². The van der Waals surface area contributed by atoms with Crippen LogP contribution in [0.3, 0.4) is 0 Å². The quantitative estimate of drug-likeness (QED) is 0.343. The van der Waals surface area contributed by atoms with Crippen LogP contribution in [0, 0.1) is 10.1 Å². The van der Waals surface area contributed by atoms with Crippen LogP contribution in [0.2, 0.25) is 0 Å². The van der Waals surface area contributed by atoms with E-state index >= 15 is 0 Å². The lowest BCUT2D eigenvalue weighted by Gasteiger charge is -2.01. The summed E-state index contributed by atoms with van der Waals surface area (Å²) in [5, 5.41) is 10.2. The van der Waals surface area contributed by atoms with Crippen LogP contribution in [0.5, 0.6) is 0 Å². The first-order chi connectivity index (χ1) is 4.72. The molecular formula is C7H13NO2. The van der Waals surface area contributed by atoms with Crippen molar-refractivity contribution in [3.05, 3.63) is 22.3 Å². The van der Waals surface area contributed by atoms with E-state index in [1.165, 1.54) is 0 Å². The Morgan fingerprint density at radius 2 is 2.30 bits per heavy atom. The smallest absolute Gasteiger partial charge is 0.216 e. The first-order valence-electron chi connectivity index (χ1n) is 3.47. The number of hydrogen-bond donors (Lipinski definition) is 0. The van der Waals surface area contributed by atoms with Crippen LogP contribution in [0.4, 0.5) is 0 Å². The molecule has 0 heterocycles. The first-order valence-corrected chi connectivity index (χ1v) is 3.47. The lowest BCUT2D eigenvalue weighted by molar-refractivity contribution is -0.521. The molecule has 0 fully saturated rings. The zero-order valence-electron chi connectivity index (χ0n) is 6.41. The molecular weight excluding hydrogens is 130 g/mol. The molecule has 0 aromatic heterocycles. The van der Waals surface area contributed by atoms with Gasteiger partial charge in [0.05, 0.1) is 0 Å². The van der Waals surface area contributed by atoms with E-state index < -0.39 is 6.04 Å². The Morgan fingerprint density at radius 1 is 1.70 bits per heavy atom. The SMILES string of the molecule is C/C=C/C[C@H](CC)[N+](=O)[O-]. The molecule has 0 aliphatic rings. The maximum atomic E-state index is 10.2. The van der Waals surface area contributed by atoms with E-state index in [1.807, 2.05) is 26.0 Å². The maximum absolute atomic E-state index is 10.2. The number of nitro groups is 1. The van der Waals surface area contributed by atoms with Gasteiger partial charge in [-0.1, -0.05) is 19.1 Å². The first kappa shape index (κ1) is 9.14. The van der Waals surface area contributed by atoms with E-state index in [1.54, 1.807) is 0 Å². The average molecular weight is 143 g/mol. The van der Waals surface area contributed by atoms with Crippen molar-refractivity contribution in [3.8, 4) is 0 Å². The number of nitrogens with zero attached hydrogens (tertiary/aromatic N) is 1. The second-order valence-corrected chi connectivity index (χ2v) is 2.15. The molecule has 0 aliphatic heterocycles. The van der Waals surface area contributed by atoms with Crippen molar-refractivity contribution in [1.82, 2.24) is 0 Å². The zero-order valence-corrected chi connectivity index (χ0v) is 6.41. The number of rotatable bonds is 4. The molecule has 0 N–H and O–H groups in total. The van der Waals surface area contributed by atoms with Crippen LogP contribution in [0.15, 0.2) is 12.2 Å². The molecule has 0 aliphatic carbocycles. The van der Waals surface area contributed by atoms with Crippen LogP contribution >= 0.6 is 0 Å². The minimum absolute atomic E-state index is 0.222. The molecule has 0 amide bonds. The third-order valence-corrected chi connectivity index (χ3v) is 1.41. The highest BCUT2D eigenvalue weighted by atomic mass is 16.6. The molecule has 0 saturated heterocycles. The van der Waals surface area contributed by atoms with Crippen molar-refractivity contribution in [2.45, 2.75) is 32.7 Å². The monoisotopic (exact) mass is 143 g/mol. The highest BCUT2D eigenvalue weighted by Crippen LogP contribution is 2.02. The van der Waals surface area contributed by atoms with Gasteiger partial charge in [0.15, 0.2) is 0 Å². The van der Waals surface area contributed by atoms with Crippen molar-refractivity contribution in [3.63, 3.8) is 0 Å². The summed E-state index contributed by atoms with van der Waals surface area (Å²) in [6.45, 7) is 3.70. The van der Waals surface area contributed by atoms with Gasteiger partial charge in [-0.2, -0.15) is 0 Å². The fourth-order valence-corrected chi connectivity index (χ4v) is 0.695. The van der Waals surface area contributed by atoms with Crippen molar-refractivity contribution in [2.75, 3.05) is 0 Å². The Hall–Kier alpha value is -0.860. The van der Waals surface area contributed by atoms with Gasteiger partial charge in [-0.25, -0.2) is 0 Å². The Morgan fingerprint density at radius 3 is 2.60 bits per heavy atom. The van der Waals surface area contributed by atoms with Gasteiger partial charge in [0.25, 0.3) is 0 Å². The molecule has 10 heavy (non-hydrogen) atoms. The molecule has 58 valence electrons. The average Bonchev–Trinajstić information content (AvgIpc) is 1.89. The third-order valence-electron chi connectivity index (χ3n) is 1.41. The summed E-state index contributed by atoms with van der Waals surface area (Å²) in [7, 11) is 0. The molecule has 0 aromatic rings. The molecule has 0 aromatic carbocycles. The van der Waals surface area contributed by atoms with Crippen LogP contribution in [-0.4, -0.2) is 11.0 Å². The third kappa shape index (κ3) is 3.22. The fourth-order valence-electron chi connectivity index (χ4n) is 0.695. The van der Waals surface area contributed by atoms with Crippen molar-refractivity contribution in [1.29, 1.82) is 0 Å². The van der Waals surface area contributed by atoms with Gasteiger partial charge in [0.1, 0.15) is 0 Å². The summed E-state index contributed by atoms with van der Waals surface area (Å²) in [4.78, 5) is 9.99. The van der Waals surface area contributed by atoms with Gasteiger partial charge in [0.2, 0.25) is 6.04 Å². The summed E-state index contributed by atoms with van der Waals surface area (Å²) in [5.74, 6) is 0. The summed E-state index contributed by atoms with van der Waals surface area (Å²) in [5.41, 5.74) is 0. The minimum Gasteiger partial charge on any atom is -0.264 e. The normalized spacial score (nSPS) is 13.8. The largest absolute Gasteiger partial charge is 0.264 e. The van der Waals surface area contributed by atoms with E-state index in [4.69, 9.17) is 0 Å². The molecule has 0 radical (unpaired) electrons. The predicted molar refractivity (Wildman–Crippen MR) is 40.5 cm³/mol. The van der Waals surface area contributed by atoms with E-state index in [9.17, 15) is 10.1 Å². The second-order valence-electron chi connectivity index (χ2n) is 2.15. The summed E-state index contributed by atoms with van der Waals surface area (Å²) >= 11 is 0. The molecule has 0 spiro atoms. The molecule has 0 bridgehead atoms. The van der Waals surface area contributed by atoms with Crippen LogP contribution < -0.4 is 0 Å². The van der Waals surface area contributed by atoms with Gasteiger partial charge < -0.3 is 0 Å². The Bertz CT molecular complexity index is 132. The Kier molecular flexibility index (Phi) is 4.54. The van der Waals surface area contributed by atoms with Gasteiger partial charge in [0, 0.05) is 17.8 Å². The number of allylic oxidation sites excluding steroid dienone is 1. The standard InChI is InChI=1S/C7H13NO2/c1-3-5-6-7(4-2)8(9)10/h3,5,7H,4,6H2,1-2H3/b5-3+/t7-/m0/s1. The van der Waals surface area contributed by atoms with Crippen LogP contribution in [-0.2, 0) is 0 Å². The van der Waals surface area contributed by atoms with Crippen LogP contribution in [0.25, 0.3) is 0 Å². The minimum atomic E-state index is -0.392. The van der Waals surface area contributed by atoms with Crippen molar-refractivity contribution >= 4 is 0 Å². The lowest BCUT2D eigenvalue weighted by Crippen LogP contribution is -2.16. The van der Waals surface area contributed by atoms with Gasteiger partial charge in [-0.15, -0.1) is 0 Å². The molecule has 0 unspecified atom stereocenters. The zero-order chi connectivity index (χ0) is 7.98. The van der Waals surface area contributed by atoms with E-state index in [2.05, 4.69) is 0 Å². The topological polar surface area (TPSA) is 43.1 Å². The van der Waals surface area contributed by atoms with Gasteiger partial charge in [-0.05, 0) is 6.92 Å². The molecule has 1 atom stereocenters. The number of hydrogen-bond acceptors (Lipinski definition) is 2. The summed E-state index contributed by atoms with van der Waals surface area (Å²) in [6.07, 6.45) is 4.83. The highest BCUT2D eigenvalue weighted by molar-refractivity contribution is 4.79. The van der Waals surface area contributed by atoms with Crippen molar-refractivity contribution in [2.24, 2.45) is 0 Å². The molecule has 0 rings (SSSR count). The van der Waals surface area contributed by atoms with E-state index in [0.717, 1.165) is 0 Å². The second kappa shape index (κ2) is 4.97. The predicted octanol–water partition coefficient (Wildman–Crippen LogP) is 2.01. The summed E-state index contributed by atoms with van der Waals surface area (Å²) < 4.78 is 0. The van der Waals surface area contributed by atoms with Crippen LogP contribution in [0.1, 0.15) is 26.7 Å². The highest BCUT2D eigenvalue weighted by Gasteiger charge is 2.13. The summed E-state index contributed by atoms with van der Waals surface area (Å²) in [6, 6.07) is -0.392. The Balaban J connectivity index is 3.71. The molecule has 3 heteroatoms. The van der Waals surface area contributed by atoms with E-state index in [0.29, 0.717) is 12.8 Å². The van der Waals surface area contributed by atoms with Crippen molar-refractivity contribution < 1.29 is 4.92 Å². The maximum Gasteiger partial charge on any atom is 0.216 e. The lowest BCUT2D eigenvalue weighted by atomic mass is 10.1. The molecule has 0 saturated carbocycles. The Labute approximate surface area is 60.9 Å².